The van der Waals surface area contributed by atoms with Crippen LogP contribution in [0, 0.1) is 10.1 Å². The Morgan fingerprint density at radius 3 is 2.57 bits per heavy atom. The van der Waals surface area contributed by atoms with Crippen LogP contribution in [-0.2, 0) is 5.33 Å². The summed E-state index contributed by atoms with van der Waals surface area (Å²) in [5, 5.41) is 11.9. The fourth-order valence-corrected chi connectivity index (χ4v) is 2.34. The van der Waals surface area contributed by atoms with Gasteiger partial charge in [0.25, 0.3) is 5.69 Å². The Labute approximate surface area is 134 Å². The van der Waals surface area contributed by atoms with Gasteiger partial charge in [0.05, 0.1) is 18.1 Å². The van der Waals surface area contributed by atoms with E-state index in [0.29, 0.717) is 21.9 Å². The third kappa shape index (κ3) is 3.65. The maximum atomic E-state index is 10.9. The summed E-state index contributed by atoms with van der Waals surface area (Å²) in [7, 11) is 1.47. The van der Waals surface area contributed by atoms with Crippen molar-refractivity contribution < 1.29 is 14.4 Å². The fourth-order valence-electron chi connectivity index (χ4n) is 1.71. The van der Waals surface area contributed by atoms with Crippen LogP contribution in [0.5, 0.6) is 17.2 Å². The molecule has 2 aromatic rings. The normalized spacial score (nSPS) is 10.2. The van der Waals surface area contributed by atoms with E-state index in [4.69, 9.17) is 21.1 Å². The summed E-state index contributed by atoms with van der Waals surface area (Å²) < 4.78 is 10.9. The summed E-state index contributed by atoms with van der Waals surface area (Å²) >= 11 is 9.32. The average molecular weight is 373 g/mol. The van der Waals surface area contributed by atoms with Gasteiger partial charge in [-0.05, 0) is 18.2 Å². The molecule has 0 unspecified atom stereocenters. The first-order valence-electron chi connectivity index (χ1n) is 5.90. The molecule has 0 aliphatic rings. The first kappa shape index (κ1) is 15.6. The van der Waals surface area contributed by atoms with Crippen LogP contribution in [-0.4, -0.2) is 12.0 Å². The first-order chi connectivity index (χ1) is 10.0. The van der Waals surface area contributed by atoms with E-state index in [9.17, 15) is 10.1 Å². The zero-order chi connectivity index (χ0) is 15.4. The van der Waals surface area contributed by atoms with Gasteiger partial charge >= 0.3 is 0 Å². The largest absolute Gasteiger partial charge is 0.493 e. The van der Waals surface area contributed by atoms with Gasteiger partial charge in [0.2, 0.25) is 0 Å². The number of nitro benzene ring substituents is 1. The number of rotatable bonds is 5. The molecule has 0 bridgehead atoms. The molecule has 0 heterocycles. The summed E-state index contributed by atoms with van der Waals surface area (Å²) in [4.78, 5) is 10.4. The highest BCUT2D eigenvalue weighted by Crippen LogP contribution is 2.37. The monoisotopic (exact) mass is 371 g/mol. The summed E-state index contributed by atoms with van der Waals surface area (Å²) in [5.41, 5.74) is 0.793. The molecule has 0 atom stereocenters. The highest BCUT2D eigenvalue weighted by atomic mass is 79.9. The number of nitrogens with zero attached hydrogens (tertiary/aromatic N) is 1. The number of halogens is 2. The van der Waals surface area contributed by atoms with Crippen LogP contribution in [0.2, 0.25) is 5.02 Å². The highest BCUT2D eigenvalue weighted by molar-refractivity contribution is 9.08. The van der Waals surface area contributed by atoms with Crippen molar-refractivity contribution in [1.29, 1.82) is 0 Å². The number of alkyl halides is 1. The Balaban J connectivity index is 2.44. The van der Waals surface area contributed by atoms with Gasteiger partial charge in [0, 0.05) is 22.0 Å². The maximum absolute atomic E-state index is 10.9. The number of benzene rings is 2. The topological polar surface area (TPSA) is 61.6 Å². The number of non-ortho nitro benzene ring substituents is 1. The van der Waals surface area contributed by atoms with Crippen LogP contribution < -0.4 is 9.47 Å². The van der Waals surface area contributed by atoms with Crippen LogP contribution in [0.15, 0.2) is 36.4 Å². The summed E-state index contributed by atoms with van der Waals surface area (Å²) in [6.45, 7) is 0. The lowest BCUT2D eigenvalue weighted by Gasteiger charge is -2.13. The molecule has 0 saturated carbocycles. The molecule has 0 aliphatic carbocycles. The zero-order valence-electron chi connectivity index (χ0n) is 11.0. The Morgan fingerprint density at radius 2 is 1.95 bits per heavy atom. The number of hydrogen-bond acceptors (Lipinski definition) is 4. The van der Waals surface area contributed by atoms with Crippen LogP contribution in [0.3, 0.4) is 0 Å². The summed E-state index contributed by atoms with van der Waals surface area (Å²) in [6.07, 6.45) is 0. The van der Waals surface area contributed by atoms with Crippen molar-refractivity contribution in [3.8, 4) is 17.2 Å². The van der Waals surface area contributed by atoms with Crippen LogP contribution in [0.4, 0.5) is 5.69 Å². The Morgan fingerprint density at radius 1 is 1.19 bits per heavy atom. The van der Waals surface area contributed by atoms with Gasteiger partial charge in [-0.25, -0.2) is 0 Å². The van der Waals surface area contributed by atoms with Gasteiger partial charge in [-0.15, -0.1) is 0 Å². The molecule has 0 spiro atoms. The molecule has 0 amide bonds. The average Bonchev–Trinajstić information content (AvgIpc) is 2.47. The second-order valence-electron chi connectivity index (χ2n) is 4.08. The van der Waals surface area contributed by atoms with E-state index >= 15 is 0 Å². The smallest absolute Gasteiger partial charge is 0.273 e. The minimum absolute atomic E-state index is 0.0757. The Hall–Kier alpha value is -1.79. The van der Waals surface area contributed by atoms with Crippen LogP contribution in [0.1, 0.15) is 5.56 Å². The minimum atomic E-state index is -0.490. The van der Waals surface area contributed by atoms with Crippen molar-refractivity contribution in [2.24, 2.45) is 0 Å². The summed E-state index contributed by atoms with van der Waals surface area (Å²) in [6, 6.07) is 9.38. The Bertz CT molecular complexity index is 678. The van der Waals surface area contributed by atoms with E-state index in [1.54, 1.807) is 12.1 Å². The quantitative estimate of drug-likeness (QED) is 0.423. The van der Waals surface area contributed by atoms with E-state index < -0.39 is 4.92 Å². The van der Waals surface area contributed by atoms with Crippen molar-refractivity contribution >= 4 is 33.2 Å². The number of nitro groups is 1. The van der Waals surface area contributed by atoms with Gasteiger partial charge in [-0.3, -0.25) is 10.1 Å². The molecular weight excluding hydrogens is 362 g/mol. The number of ether oxygens (including phenoxy) is 2. The second kappa shape index (κ2) is 6.78. The fraction of sp³-hybridized carbons (Fsp3) is 0.143. The molecule has 0 radical (unpaired) electrons. The predicted octanol–water partition coefficient (Wildman–Crippen LogP) is 4.94. The van der Waals surface area contributed by atoms with Gasteiger partial charge in [0.15, 0.2) is 11.5 Å². The molecule has 0 aromatic heterocycles. The summed E-state index contributed by atoms with van der Waals surface area (Å²) in [5.74, 6) is 1.18. The molecular formula is C14H11BrClNO4. The number of methoxy groups -OCH3 is 1. The lowest BCUT2D eigenvalue weighted by atomic mass is 10.2. The van der Waals surface area contributed by atoms with Crippen molar-refractivity contribution in [1.82, 2.24) is 0 Å². The third-order valence-electron chi connectivity index (χ3n) is 2.75. The van der Waals surface area contributed by atoms with Gasteiger partial charge < -0.3 is 9.47 Å². The molecule has 5 nitrogen and oxygen atoms in total. The SMILES string of the molecule is COc1ccc([N+](=O)[O-])cc1Oc1cc(Cl)ccc1CBr. The van der Waals surface area contributed by atoms with Crippen molar-refractivity contribution in [2.75, 3.05) is 7.11 Å². The van der Waals surface area contributed by atoms with Gasteiger partial charge in [0.1, 0.15) is 5.75 Å². The van der Waals surface area contributed by atoms with Crippen LogP contribution >= 0.6 is 27.5 Å². The molecule has 0 saturated heterocycles. The van der Waals surface area contributed by atoms with Crippen LogP contribution in [0.25, 0.3) is 0 Å². The molecule has 0 N–H and O–H groups in total. The van der Waals surface area contributed by atoms with E-state index in [1.807, 2.05) is 6.07 Å². The van der Waals surface area contributed by atoms with Gasteiger partial charge in [-0.2, -0.15) is 0 Å². The molecule has 7 heteroatoms. The molecule has 2 rings (SSSR count). The van der Waals surface area contributed by atoms with Crippen molar-refractivity contribution in [3.63, 3.8) is 0 Å². The Kier molecular flexibility index (Phi) is 5.03. The molecule has 0 aliphatic heterocycles. The molecule has 21 heavy (non-hydrogen) atoms. The lowest BCUT2D eigenvalue weighted by Crippen LogP contribution is -1.95. The third-order valence-corrected chi connectivity index (χ3v) is 3.59. The van der Waals surface area contributed by atoms with Gasteiger partial charge in [-0.1, -0.05) is 33.6 Å². The predicted molar refractivity (Wildman–Crippen MR) is 83.8 cm³/mol. The maximum Gasteiger partial charge on any atom is 0.273 e. The van der Waals surface area contributed by atoms with E-state index in [1.165, 1.54) is 25.3 Å². The minimum Gasteiger partial charge on any atom is -0.493 e. The molecule has 2 aromatic carbocycles. The molecule has 110 valence electrons. The highest BCUT2D eigenvalue weighted by Gasteiger charge is 2.15. The second-order valence-corrected chi connectivity index (χ2v) is 5.08. The molecule has 0 fully saturated rings. The van der Waals surface area contributed by atoms with E-state index in [2.05, 4.69) is 15.9 Å². The first-order valence-corrected chi connectivity index (χ1v) is 7.39. The lowest BCUT2D eigenvalue weighted by molar-refractivity contribution is -0.384. The standard InChI is InChI=1S/C14H11BrClNO4/c1-20-12-5-4-11(17(18)19)7-14(12)21-13-6-10(16)3-2-9(13)8-15/h2-7H,8H2,1H3. The van der Waals surface area contributed by atoms with Crippen molar-refractivity contribution in [2.45, 2.75) is 5.33 Å². The zero-order valence-corrected chi connectivity index (χ0v) is 13.3. The van der Waals surface area contributed by atoms with Crippen molar-refractivity contribution in [3.05, 3.63) is 57.1 Å². The van der Waals surface area contributed by atoms with E-state index in [-0.39, 0.29) is 11.4 Å². The number of hydrogen-bond donors (Lipinski definition) is 0. The van der Waals surface area contributed by atoms with E-state index in [0.717, 1.165) is 5.56 Å².